The minimum Gasteiger partial charge on any atom is -0.365 e. The second-order valence-corrected chi connectivity index (χ2v) is 6.69. The molecule has 1 aliphatic heterocycles. The third-order valence-corrected chi connectivity index (χ3v) is 4.56. The van der Waals surface area contributed by atoms with Gasteiger partial charge in [0.05, 0.1) is 5.69 Å². The van der Waals surface area contributed by atoms with Crippen LogP contribution < -0.4 is 21.7 Å². The van der Waals surface area contributed by atoms with Crippen molar-refractivity contribution in [2.24, 2.45) is 11.7 Å². The van der Waals surface area contributed by atoms with E-state index in [0.717, 1.165) is 38.3 Å². The van der Waals surface area contributed by atoms with E-state index in [9.17, 15) is 5.11 Å². The largest absolute Gasteiger partial charge is 0.365 e. The third-order valence-electron chi connectivity index (χ3n) is 4.56. The van der Waals surface area contributed by atoms with Gasteiger partial charge in [0.15, 0.2) is 6.35 Å². The quantitative estimate of drug-likeness (QED) is 0.360. The van der Waals surface area contributed by atoms with E-state index in [4.69, 9.17) is 5.73 Å². The summed E-state index contributed by atoms with van der Waals surface area (Å²) in [4.78, 5) is 6.82. The average molecular weight is 336 g/mol. The topological polar surface area (TPSA) is 98.5 Å². The van der Waals surface area contributed by atoms with Gasteiger partial charge in [0.1, 0.15) is 0 Å². The monoisotopic (exact) mass is 336 g/mol. The summed E-state index contributed by atoms with van der Waals surface area (Å²) in [6.07, 6.45) is 2.16. The molecule has 0 aliphatic carbocycles. The highest BCUT2D eigenvalue weighted by molar-refractivity contribution is 5.03. The van der Waals surface area contributed by atoms with Gasteiger partial charge in [-0.25, -0.2) is 0 Å². The maximum atomic E-state index is 9.76. The molecule has 1 aromatic rings. The van der Waals surface area contributed by atoms with Crippen molar-refractivity contribution >= 4 is 0 Å². The summed E-state index contributed by atoms with van der Waals surface area (Å²) < 4.78 is 0. The maximum Gasteiger partial charge on any atom is 0.160 e. The highest BCUT2D eigenvalue weighted by Gasteiger charge is 2.32. The van der Waals surface area contributed by atoms with Gasteiger partial charge < -0.3 is 16.2 Å². The number of aromatic nitrogens is 1. The van der Waals surface area contributed by atoms with Crippen molar-refractivity contribution in [3.8, 4) is 0 Å². The van der Waals surface area contributed by atoms with E-state index < -0.39 is 6.35 Å². The van der Waals surface area contributed by atoms with E-state index in [-0.39, 0.29) is 6.04 Å². The van der Waals surface area contributed by atoms with Gasteiger partial charge in [-0.05, 0) is 38.1 Å². The van der Waals surface area contributed by atoms with Crippen LogP contribution in [-0.2, 0) is 6.54 Å². The summed E-state index contributed by atoms with van der Waals surface area (Å²) in [5, 5.41) is 19.3. The van der Waals surface area contributed by atoms with Crippen molar-refractivity contribution in [3.05, 3.63) is 30.1 Å². The van der Waals surface area contributed by atoms with Crippen molar-refractivity contribution in [2.75, 3.05) is 33.2 Å². The molecule has 0 aromatic carbocycles. The Morgan fingerprint density at radius 1 is 1.46 bits per heavy atom. The zero-order valence-corrected chi connectivity index (χ0v) is 14.8. The van der Waals surface area contributed by atoms with Gasteiger partial charge in [-0.2, -0.15) is 0 Å². The molecule has 0 saturated carbocycles. The molecule has 1 fully saturated rings. The molecular weight excluding hydrogens is 304 g/mol. The van der Waals surface area contributed by atoms with Crippen molar-refractivity contribution in [3.63, 3.8) is 0 Å². The Bertz CT molecular complexity index is 460. The van der Waals surface area contributed by atoms with Gasteiger partial charge in [-0.15, -0.1) is 0 Å². The molecule has 1 aromatic heterocycles. The van der Waals surface area contributed by atoms with Crippen LogP contribution in [0.25, 0.3) is 0 Å². The number of likely N-dealkylation sites (tertiary alicyclic amines) is 1. The number of nitrogens with zero attached hydrogens (tertiary/aromatic N) is 2. The molecule has 7 heteroatoms. The van der Waals surface area contributed by atoms with E-state index in [1.54, 1.807) is 7.05 Å². The van der Waals surface area contributed by atoms with Crippen LogP contribution in [0.5, 0.6) is 0 Å². The smallest absolute Gasteiger partial charge is 0.160 e. The molecule has 7 nitrogen and oxygen atoms in total. The van der Waals surface area contributed by atoms with Crippen LogP contribution in [0.4, 0.5) is 0 Å². The minimum absolute atomic E-state index is 0.277. The van der Waals surface area contributed by atoms with Gasteiger partial charge >= 0.3 is 0 Å². The lowest BCUT2D eigenvalue weighted by atomic mass is 10.1. The van der Waals surface area contributed by atoms with E-state index in [1.807, 2.05) is 24.4 Å². The molecule has 0 radical (unpaired) electrons. The van der Waals surface area contributed by atoms with Gasteiger partial charge in [0.25, 0.3) is 0 Å². The summed E-state index contributed by atoms with van der Waals surface area (Å²) >= 11 is 0. The molecule has 2 heterocycles. The summed E-state index contributed by atoms with van der Waals surface area (Å²) in [5.74, 6) is 0.469. The normalized spacial score (nSPS) is 24.2. The van der Waals surface area contributed by atoms with E-state index in [2.05, 4.69) is 32.8 Å². The molecule has 1 aliphatic rings. The Labute approximate surface area is 145 Å². The van der Waals surface area contributed by atoms with Crippen molar-refractivity contribution in [1.29, 1.82) is 0 Å². The molecule has 1 unspecified atom stereocenters. The number of hydrogen-bond donors (Lipinski definition) is 5. The molecule has 0 amide bonds. The molecule has 136 valence electrons. The van der Waals surface area contributed by atoms with Crippen LogP contribution in [0.3, 0.4) is 0 Å². The highest BCUT2D eigenvalue weighted by Crippen LogP contribution is 2.19. The number of nitrogens with one attached hydrogen (secondary N) is 3. The van der Waals surface area contributed by atoms with Crippen LogP contribution in [-0.4, -0.2) is 66.7 Å². The number of pyridine rings is 1. The van der Waals surface area contributed by atoms with Crippen LogP contribution in [0.2, 0.25) is 0 Å². The summed E-state index contributed by atoms with van der Waals surface area (Å²) in [5.41, 5.74) is 6.85. The Hall–Kier alpha value is -1.09. The predicted molar refractivity (Wildman–Crippen MR) is 96.1 cm³/mol. The Balaban J connectivity index is 1.85. The van der Waals surface area contributed by atoms with Gasteiger partial charge in [0.2, 0.25) is 0 Å². The standard InChI is InChI=1S/C17H32N6O/c1-13(8-18)11-23-12-15(22-17(24)19-2)7-16(23)10-20-9-14-5-3-4-6-21-14/h3-6,13,15-17,19-20,22,24H,7-12,18H2,1-2H3/t13-,15+,16-,17?/m0/s1. The lowest BCUT2D eigenvalue weighted by Gasteiger charge is -2.27. The predicted octanol–water partition coefficient (Wildman–Crippen LogP) is -0.706. The first-order valence-corrected chi connectivity index (χ1v) is 8.78. The summed E-state index contributed by atoms with van der Waals surface area (Å²) in [6, 6.07) is 6.68. The molecule has 2 rings (SSSR count). The van der Waals surface area contributed by atoms with Crippen molar-refractivity contribution < 1.29 is 5.11 Å². The zero-order valence-electron chi connectivity index (χ0n) is 14.8. The molecule has 24 heavy (non-hydrogen) atoms. The molecule has 4 atom stereocenters. The highest BCUT2D eigenvalue weighted by atomic mass is 16.3. The van der Waals surface area contributed by atoms with Crippen LogP contribution in [0, 0.1) is 5.92 Å². The van der Waals surface area contributed by atoms with E-state index in [0.29, 0.717) is 18.5 Å². The first-order chi connectivity index (χ1) is 11.6. The number of aliphatic hydroxyl groups excluding tert-OH is 1. The Morgan fingerprint density at radius 3 is 2.96 bits per heavy atom. The molecule has 1 saturated heterocycles. The Kier molecular flexibility index (Phi) is 8.04. The van der Waals surface area contributed by atoms with Gasteiger partial charge in [-0.1, -0.05) is 13.0 Å². The number of rotatable bonds is 10. The lowest BCUT2D eigenvalue weighted by Crippen LogP contribution is -2.47. The fourth-order valence-corrected chi connectivity index (χ4v) is 3.19. The van der Waals surface area contributed by atoms with Crippen molar-refractivity contribution in [2.45, 2.75) is 38.3 Å². The second-order valence-electron chi connectivity index (χ2n) is 6.69. The lowest BCUT2D eigenvalue weighted by molar-refractivity contribution is 0.0965. The van der Waals surface area contributed by atoms with Gasteiger partial charge in [-0.3, -0.25) is 20.5 Å². The number of nitrogens with two attached hydrogens (primary N) is 1. The molecular formula is C17H32N6O. The maximum absolute atomic E-state index is 9.76. The number of hydrogen-bond acceptors (Lipinski definition) is 7. The van der Waals surface area contributed by atoms with E-state index in [1.165, 1.54) is 0 Å². The fraction of sp³-hybridized carbons (Fsp3) is 0.706. The molecule has 6 N–H and O–H groups in total. The van der Waals surface area contributed by atoms with Crippen molar-refractivity contribution in [1.82, 2.24) is 25.8 Å². The Morgan fingerprint density at radius 2 is 2.29 bits per heavy atom. The SMILES string of the molecule is CNC(O)N[C@@H]1C[C@@H](CNCc2ccccn2)N(C[C@@H](C)CN)C1. The molecule has 0 spiro atoms. The minimum atomic E-state index is -0.663. The van der Waals surface area contributed by atoms with E-state index >= 15 is 0 Å². The number of aliphatic hydroxyl groups is 1. The zero-order chi connectivity index (χ0) is 17.4. The van der Waals surface area contributed by atoms with Crippen LogP contribution in [0.15, 0.2) is 24.4 Å². The average Bonchev–Trinajstić information content (AvgIpc) is 2.96. The molecule has 0 bridgehead atoms. The fourth-order valence-electron chi connectivity index (χ4n) is 3.19. The summed E-state index contributed by atoms with van der Waals surface area (Å²) in [6.45, 7) is 6.47. The third kappa shape index (κ3) is 6.08. The second kappa shape index (κ2) is 10.0. The first kappa shape index (κ1) is 19.2. The van der Waals surface area contributed by atoms with Crippen LogP contribution >= 0.6 is 0 Å². The van der Waals surface area contributed by atoms with Crippen LogP contribution in [0.1, 0.15) is 19.0 Å². The summed E-state index contributed by atoms with van der Waals surface area (Å²) in [7, 11) is 1.74. The first-order valence-electron chi connectivity index (χ1n) is 8.78. The van der Waals surface area contributed by atoms with Gasteiger partial charge in [0, 0.05) is 44.5 Å².